The summed E-state index contributed by atoms with van der Waals surface area (Å²) in [4.78, 5) is 46.7. The van der Waals surface area contributed by atoms with Gasteiger partial charge in [-0.2, -0.15) is 0 Å². The van der Waals surface area contributed by atoms with Crippen LogP contribution in [0.3, 0.4) is 0 Å². The van der Waals surface area contributed by atoms with E-state index >= 15 is 0 Å². The molecule has 202 valence electrons. The molecule has 8 nitrogen and oxygen atoms in total. The third-order valence-corrected chi connectivity index (χ3v) is 7.90. The molecular formula is C28H42O8. The third kappa shape index (κ3) is 7.43. The summed E-state index contributed by atoms with van der Waals surface area (Å²) in [6.07, 6.45) is 4.35. The summed E-state index contributed by atoms with van der Waals surface area (Å²) in [6, 6.07) is 0. The molecule has 0 heterocycles. The molecule has 6 atom stereocenters. The summed E-state index contributed by atoms with van der Waals surface area (Å²) in [5.74, 6) is -1.41. The van der Waals surface area contributed by atoms with Crippen LogP contribution in [0.2, 0.25) is 0 Å². The quantitative estimate of drug-likeness (QED) is 0.252. The Kier molecular flexibility index (Phi) is 9.92. The van der Waals surface area contributed by atoms with Gasteiger partial charge in [0.1, 0.15) is 18.8 Å². The van der Waals surface area contributed by atoms with Crippen molar-refractivity contribution in [1.29, 1.82) is 0 Å². The Morgan fingerprint density at radius 3 is 2.08 bits per heavy atom. The number of allylic oxidation sites excluding steroid dienone is 1. The third-order valence-electron chi connectivity index (χ3n) is 7.90. The zero-order valence-electron chi connectivity index (χ0n) is 22.8. The number of fused-ring (bicyclic) bond motifs is 1. The largest absolute Gasteiger partial charge is 0.465 e. The molecule has 2 aliphatic carbocycles. The van der Waals surface area contributed by atoms with Crippen LogP contribution in [0.5, 0.6) is 0 Å². The molecular weight excluding hydrogens is 464 g/mol. The van der Waals surface area contributed by atoms with E-state index < -0.39 is 11.5 Å². The van der Waals surface area contributed by atoms with E-state index in [0.717, 1.165) is 24.0 Å². The lowest BCUT2D eigenvalue weighted by atomic mass is 9.45. The van der Waals surface area contributed by atoms with Gasteiger partial charge >= 0.3 is 23.9 Å². The molecule has 36 heavy (non-hydrogen) atoms. The maximum atomic E-state index is 12.0. The van der Waals surface area contributed by atoms with Gasteiger partial charge in [0, 0.05) is 33.1 Å². The molecule has 0 bridgehead atoms. The predicted molar refractivity (Wildman–Crippen MR) is 134 cm³/mol. The minimum Gasteiger partial charge on any atom is -0.465 e. The van der Waals surface area contributed by atoms with Crippen LogP contribution in [-0.4, -0.2) is 49.3 Å². The summed E-state index contributed by atoms with van der Waals surface area (Å²) in [7, 11) is 0. The van der Waals surface area contributed by atoms with Gasteiger partial charge in [-0.05, 0) is 67.9 Å². The zero-order valence-corrected chi connectivity index (χ0v) is 22.8. The molecule has 0 spiro atoms. The Labute approximate surface area is 214 Å². The fourth-order valence-electron chi connectivity index (χ4n) is 6.47. The van der Waals surface area contributed by atoms with E-state index in [2.05, 4.69) is 20.4 Å². The van der Waals surface area contributed by atoms with Crippen LogP contribution in [0.15, 0.2) is 23.8 Å². The molecule has 2 aliphatic rings. The first kappa shape index (κ1) is 29.6. The fourth-order valence-corrected chi connectivity index (χ4v) is 6.47. The van der Waals surface area contributed by atoms with Crippen molar-refractivity contribution < 1.29 is 38.1 Å². The lowest BCUT2D eigenvalue weighted by Gasteiger charge is -2.61. The van der Waals surface area contributed by atoms with Gasteiger partial charge in [-0.25, -0.2) is 0 Å². The van der Waals surface area contributed by atoms with E-state index in [4.69, 9.17) is 18.9 Å². The van der Waals surface area contributed by atoms with Gasteiger partial charge in [0.05, 0.1) is 6.61 Å². The Bertz CT molecular complexity index is 905. The normalized spacial score (nSPS) is 32.2. The van der Waals surface area contributed by atoms with Crippen molar-refractivity contribution in [3.63, 3.8) is 0 Å². The molecule has 0 saturated heterocycles. The molecule has 0 aromatic rings. The minimum atomic E-state index is -0.490. The van der Waals surface area contributed by atoms with Crippen molar-refractivity contribution in [2.75, 3.05) is 13.2 Å². The van der Waals surface area contributed by atoms with Crippen LogP contribution in [0.25, 0.3) is 0 Å². The van der Waals surface area contributed by atoms with Crippen molar-refractivity contribution in [2.45, 2.75) is 92.8 Å². The first-order valence-corrected chi connectivity index (χ1v) is 12.6. The number of ether oxygens (including phenoxy) is 4. The van der Waals surface area contributed by atoms with Gasteiger partial charge in [0.15, 0.2) is 0 Å². The van der Waals surface area contributed by atoms with Crippen molar-refractivity contribution >= 4 is 23.9 Å². The van der Waals surface area contributed by atoms with E-state index in [1.165, 1.54) is 27.7 Å². The second kappa shape index (κ2) is 12.1. The Hall–Kier alpha value is -2.64. The Morgan fingerprint density at radius 2 is 1.53 bits per heavy atom. The predicted octanol–water partition coefficient (Wildman–Crippen LogP) is 4.70. The monoisotopic (exact) mass is 506 g/mol. The molecule has 8 heteroatoms. The van der Waals surface area contributed by atoms with Gasteiger partial charge in [0.2, 0.25) is 0 Å². The van der Waals surface area contributed by atoms with Gasteiger partial charge in [0.25, 0.3) is 0 Å². The SMILES string of the molecule is C=C1[C@@H](OC(C)=O)C[C@@H]2[C@](C)(COC(C)=O)C[C@@H](OC(C)=O)C[C@@]2(C)[C@@H]1CC/C(C)=C\COC(C)=O. The molecule has 2 saturated carbocycles. The van der Waals surface area contributed by atoms with Crippen LogP contribution in [0, 0.1) is 22.7 Å². The minimum absolute atomic E-state index is 0.0290. The highest BCUT2D eigenvalue weighted by molar-refractivity contribution is 5.67. The number of hydrogen-bond acceptors (Lipinski definition) is 8. The van der Waals surface area contributed by atoms with Crippen molar-refractivity contribution in [2.24, 2.45) is 22.7 Å². The fraction of sp³-hybridized carbons (Fsp3) is 0.714. The van der Waals surface area contributed by atoms with E-state index in [1.54, 1.807) is 0 Å². The molecule has 0 radical (unpaired) electrons. The molecule has 0 unspecified atom stereocenters. The lowest BCUT2D eigenvalue weighted by molar-refractivity contribution is -0.185. The van der Waals surface area contributed by atoms with E-state index in [0.29, 0.717) is 19.3 Å². The molecule has 0 N–H and O–H groups in total. The summed E-state index contributed by atoms with van der Waals surface area (Å²) in [5, 5.41) is 0. The first-order chi connectivity index (χ1) is 16.7. The lowest BCUT2D eigenvalue weighted by Crippen LogP contribution is -2.58. The van der Waals surface area contributed by atoms with Gasteiger partial charge < -0.3 is 18.9 Å². The van der Waals surface area contributed by atoms with Crippen LogP contribution >= 0.6 is 0 Å². The van der Waals surface area contributed by atoms with Crippen LogP contribution < -0.4 is 0 Å². The highest BCUT2D eigenvalue weighted by Crippen LogP contribution is 2.63. The summed E-state index contributed by atoms with van der Waals surface area (Å²) < 4.78 is 22.0. The van der Waals surface area contributed by atoms with Gasteiger partial charge in [-0.15, -0.1) is 0 Å². The standard InChI is InChI=1S/C28H42O8/c1-17(11-12-33-19(3)29)9-10-24-18(2)25(36-22(6)32)13-26-27(7,16-34-20(4)30)14-23(35-21(5)31)15-28(24,26)8/h11,23-26H,2,9-10,12-16H2,1,3-8H3/b17-11-/t23-,24-,25+,26-,27+,28+/m1/s1. The number of rotatable bonds is 9. The van der Waals surface area contributed by atoms with Crippen molar-refractivity contribution in [3.05, 3.63) is 23.8 Å². The van der Waals surface area contributed by atoms with Crippen LogP contribution in [0.4, 0.5) is 0 Å². The molecule has 2 fully saturated rings. The number of carbonyl (C=O) groups is 4. The molecule has 0 aromatic heterocycles. The van der Waals surface area contributed by atoms with Crippen molar-refractivity contribution in [3.8, 4) is 0 Å². The number of esters is 4. The average molecular weight is 507 g/mol. The Balaban J connectivity index is 2.44. The topological polar surface area (TPSA) is 105 Å². The van der Waals surface area contributed by atoms with Gasteiger partial charge in [-0.1, -0.05) is 26.0 Å². The van der Waals surface area contributed by atoms with E-state index in [1.807, 2.05) is 13.0 Å². The van der Waals surface area contributed by atoms with Crippen LogP contribution in [0.1, 0.15) is 80.6 Å². The van der Waals surface area contributed by atoms with E-state index in [9.17, 15) is 19.2 Å². The second-order valence-corrected chi connectivity index (χ2v) is 11.0. The maximum Gasteiger partial charge on any atom is 0.303 e. The van der Waals surface area contributed by atoms with E-state index in [-0.39, 0.29) is 60.4 Å². The first-order valence-electron chi connectivity index (χ1n) is 12.6. The average Bonchev–Trinajstić information content (AvgIpc) is 2.72. The highest BCUT2D eigenvalue weighted by Gasteiger charge is 2.60. The highest BCUT2D eigenvalue weighted by atomic mass is 16.6. The summed E-state index contributed by atoms with van der Waals surface area (Å²) >= 11 is 0. The van der Waals surface area contributed by atoms with Crippen LogP contribution in [-0.2, 0) is 38.1 Å². The molecule has 0 aliphatic heterocycles. The maximum absolute atomic E-state index is 12.0. The number of carbonyl (C=O) groups excluding carboxylic acids is 4. The number of hydrogen-bond donors (Lipinski definition) is 0. The molecule has 2 rings (SSSR count). The zero-order chi connectivity index (χ0) is 27.3. The van der Waals surface area contributed by atoms with Crippen molar-refractivity contribution in [1.82, 2.24) is 0 Å². The van der Waals surface area contributed by atoms with Gasteiger partial charge in [-0.3, -0.25) is 19.2 Å². The summed E-state index contributed by atoms with van der Waals surface area (Å²) in [6.45, 7) is 16.6. The summed E-state index contributed by atoms with van der Waals surface area (Å²) in [5.41, 5.74) is 1.11. The Morgan fingerprint density at radius 1 is 0.917 bits per heavy atom. The molecule has 0 aromatic carbocycles. The molecule has 0 amide bonds. The second-order valence-electron chi connectivity index (χ2n) is 11.0. The smallest absolute Gasteiger partial charge is 0.303 e.